The first-order valence-corrected chi connectivity index (χ1v) is 23.4. The zero-order chi connectivity index (χ0) is 43.8. The van der Waals surface area contributed by atoms with Crippen LogP contribution in [0, 0.1) is 11.6 Å². The van der Waals surface area contributed by atoms with Crippen LogP contribution in [-0.4, -0.2) is 119 Å². The number of halogens is 2. The molecule has 20 heteroatoms. The van der Waals surface area contributed by atoms with Crippen LogP contribution in [0.25, 0.3) is 21.8 Å². The number of nitrogens with two attached hydrogens (primary N) is 1. The van der Waals surface area contributed by atoms with Gasteiger partial charge in [-0.25, -0.2) is 32.2 Å². The number of aliphatic hydroxyl groups is 1. The van der Waals surface area contributed by atoms with Crippen molar-refractivity contribution >= 4 is 62.1 Å². The molecule has 0 bridgehead atoms. The number of sulfonamides is 1. The number of benzene rings is 2. The zero-order valence-corrected chi connectivity index (χ0v) is 35.9. The van der Waals surface area contributed by atoms with Gasteiger partial charge in [-0.3, -0.25) is 29.3 Å². The normalized spacial score (nSPS) is 20.2. The van der Waals surface area contributed by atoms with E-state index in [0.717, 1.165) is 30.9 Å². The topological polar surface area (TPSA) is 216 Å². The largest absolute Gasteiger partial charge is 0.389 e. The minimum absolute atomic E-state index is 0.00621. The summed E-state index contributed by atoms with van der Waals surface area (Å²) in [5.41, 5.74) is 6.37. The number of rotatable bonds is 13. The first-order chi connectivity index (χ1) is 29.7. The Labute approximate surface area is 362 Å². The molecule has 4 aliphatic heterocycles. The minimum atomic E-state index is -3.74. The molecule has 330 valence electrons. The fourth-order valence-electron chi connectivity index (χ4n) is 8.67. The number of aromatic nitrogens is 3. The van der Waals surface area contributed by atoms with Gasteiger partial charge in [0.1, 0.15) is 11.9 Å². The second-order valence-corrected chi connectivity index (χ2v) is 19.5. The molecule has 0 unspecified atom stereocenters. The number of amides is 3. The SMILES string of the molecule is CCCS(=O)(=O)Nc1cccc(-c2nc(C3CCN(C4CN(C(=O)CC5(O)CCN(c6ccc(N[C@H]7CCC(=O)NC7=O)cc6F)CC5)C4)CC3)sc2-c2ccnc(N)n2)c1F. The van der Waals surface area contributed by atoms with Gasteiger partial charge in [-0.05, 0) is 88.0 Å². The summed E-state index contributed by atoms with van der Waals surface area (Å²) in [6, 6.07) is 10.4. The Hall–Kier alpha value is -5.31. The minimum Gasteiger partial charge on any atom is -0.389 e. The fraction of sp³-hybridized carbons (Fsp3) is 0.476. The summed E-state index contributed by atoms with van der Waals surface area (Å²) in [4.78, 5) is 56.9. The molecular formula is C42H50F2N10O6S2. The number of carbonyl (C=O) groups is 3. The van der Waals surface area contributed by atoms with Crippen molar-refractivity contribution < 1.29 is 36.7 Å². The molecule has 6 N–H and O–H groups in total. The second-order valence-electron chi connectivity index (χ2n) is 16.6. The third-order valence-electron chi connectivity index (χ3n) is 12.2. The van der Waals surface area contributed by atoms with Gasteiger partial charge < -0.3 is 26.0 Å². The van der Waals surface area contributed by atoms with Crippen molar-refractivity contribution in [3.63, 3.8) is 0 Å². The lowest BCUT2D eigenvalue weighted by Crippen LogP contribution is -2.63. The van der Waals surface area contributed by atoms with E-state index in [1.807, 2.05) is 4.90 Å². The van der Waals surface area contributed by atoms with Crippen molar-refractivity contribution in [3.05, 3.63) is 65.3 Å². The smallest absolute Gasteiger partial charge is 0.249 e. The number of hydrogen-bond donors (Lipinski definition) is 5. The first kappa shape index (κ1) is 43.3. The summed E-state index contributed by atoms with van der Waals surface area (Å²) in [6.45, 7) is 5.15. The number of nitrogens with one attached hydrogen (secondary N) is 3. The second kappa shape index (κ2) is 17.8. The summed E-state index contributed by atoms with van der Waals surface area (Å²) in [5.74, 6) is -2.07. The number of imide groups is 1. The van der Waals surface area contributed by atoms with Gasteiger partial charge in [-0.2, -0.15) is 0 Å². The molecule has 1 atom stereocenters. The average Bonchev–Trinajstić information content (AvgIpc) is 3.65. The Morgan fingerprint density at radius 2 is 1.81 bits per heavy atom. The molecule has 4 aliphatic rings. The number of anilines is 4. The van der Waals surface area contributed by atoms with Crippen molar-refractivity contribution in [1.29, 1.82) is 0 Å². The standard InChI is InChI=1S/C42H50F2N10O6S2/c1-2-20-62(59,60)51-30-5-3-4-28(36(30)44)37-38(31-10-15-46-41(45)48-31)61-40(50-37)25-11-16-52(17-12-25)27-23-54(24-27)35(56)22-42(58)13-18-53(19-14-42)33-8-6-26(21-29(33)43)47-32-7-9-34(55)49-39(32)57/h3-6,8,10,15,21,25,27,32,47,51,58H,2,7,9,11-14,16-20,22-24H2,1H3,(H2,45,46,48)(H,49,55,57)/t32-/m0/s1. The predicted molar refractivity (Wildman–Crippen MR) is 232 cm³/mol. The molecule has 4 aromatic rings. The van der Waals surface area contributed by atoms with Crippen LogP contribution in [0.1, 0.15) is 69.2 Å². The molecule has 6 heterocycles. The maximum absolute atomic E-state index is 16.1. The van der Waals surface area contributed by atoms with Gasteiger partial charge in [0.25, 0.3) is 0 Å². The van der Waals surface area contributed by atoms with Crippen molar-refractivity contribution in [1.82, 2.24) is 30.1 Å². The van der Waals surface area contributed by atoms with E-state index in [4.69, 9.17) is 10.7 Å². The van der Waals surface area contributed by atoms with Crippen molar-refractivity contribution in [2.75, 3.05) is 65.7 Å². The highest BCUT2D eigenvalue weighted by atomic mass is 32.2. The van der Waals surface area contributed by atoms with E-state index >= 15 is 8.78 Å². The van der Waals surface area contributed by atoms with Crippen molar-refractivity contribution in [2.24, 2.45) is 0 Å². The lowest BCUT2D eigenvalue weighted by atomic mass is 9.86. The summed E-state index contributed by atoms with van der Waals surface area (Å²) < 4.78 is 58.7. The molecule has 0 saturated carbocycles. The lowest BCUT2D eigenvalue weighted by molar-refractivity contribution is -0.145. The number of piperidine rings is 3. The van der Waals surface area contributed by atoms with Crippen LogP contribution in [0.5, 0.6) is 0 Å². The van der Waals surface area contributed by atoms with Crippen LogP contribution >= 0.6 is 11.3 Å². The Morgan fingerprint density at radius 3 is 2.50 bits per heavy atom. The summed E-state index contributed by atoms with van der Waals surface area (Å²) in [7, 11) is -3.74. The lowest BCUT2D eigenvalue weighted by Gasteiger charge is -2.48. The molecule has 2 aromatic carbocycles. The zero-order valence-electron chi connectivity index (χ0n) is 34.3. The highest BCUT2D eigenvalue weighted by Crippen LogP contribution is 2.43. The number of hydrogen-bond acceptors (Lipinski definition) is 14. The molecule has 4 fully saturated rings. The molecule has 4 saturated heterocycles. The van der Waals surface area contributed by atoms with Crippen LogP contribution in [-0.2, 0) is 24.4 Å². The molecule has 62 heavy (non-hydrogen) atoms. The fourth-order valence-corrected chi connectivity index (χ4v) is 11.0. The van der Waals surface area contributed by atoms with Crippen molar-refractivity contribution in [2.45, 2.75) is 81.9 Å². The van der Waals surface area contributed by atoms with E-state index in [2.05, 4.69) is 30.2 Å². The summed E-state index contributed by atoms with van der Waals surface area (Å²) >= 11 is 1.41. The summed E-state index contributed by atoms with van der Waals surface area (Å²) in [6.07, 6.45) is 4.63. The molecule has 3 amide bonds. The van der Waals surface area contributed by atoms with Gasteiger partial charge in [0.05, 0.1) is 50.4 Å². The number of likely N-dealkylation sites (tertiary alicyclic amines) is 2. The van der Waals surface area contributed by atoms with Crippen LogP contribution in [0.3, 0.4) is 0 Å². The van der Waals surface area contributed by atoms with Crippen LogP contribution < -0.4 is 26.0 Å². The van der Waals surface area contributed by atoms with Crippen LogP contribution in [0.4, 0.5) is 31.8 Å². The molecule has 0 radical (unpaired) electrons. The maximum Gasteiger partial charge on any atom is 0.249 e. The maximum atomic E-state index is 16.1. The van der Waals surface area contributed by atoms with Gasteiger partial charge >= 0.3 is 0 Å². The van der Waals surface area contributed by atoms with E-state index in [0.29, 0.717) is 79.5 Å². The highest BCUT2D eigenvalue weighted by molar-refractivity contribution is 7.92. The molecule has 0 aliphatic carbocycles. The highest BCUT2D eigenvalue weighted by Gasteiger charge is 2.41. The molecule has 16 nitrogen and oxygen atoms in total. The van der Waals surface area contributed by atoms with Gasteiger partial charge in [-0.15, -0.1) is 11.3 Å². The van der Waals surface area contributed by atoms with Crippen LogP contribution in [0.2, 0.25) is 0 Å². The predicted octanol–water partition coefficient (Wildman–Crippen LogP) is 4.31. The monoisotopic (exact) mass is 892 g/mol. The van der Waals surface area contributed by atoms with E-state index in [9.17, 15) is 27.9 Å². The molecule has 0 spiro atoms. The quantitative estimate of drug-likeness (QED) is 0.119. The van der Waals surface area contributed by atoms with E-state index < -0.39 is 39.2 Å². The molecule has 8 rings (SSSR count). The van der Waals surface area contributed by atoms with Gasteiger partial charge in [0, 0.05) is 62.0 Å². The molecular weight excluding hydrogens is 843 g/mol. The number of carbonyl (C=O) groups excluding carboxylic acids is 3. The first-order valence-electron chi connectivity index (χ1n) is 21.0. The summed E-state index contributed by atoms with van der Waals surface area (Å²) in [5, 5.41) is 17.5. The number of nitrogens with zero attached hydrogens (tertiary/aromatic N) is 6. The average molecular weight is 893 g/mol. The van der Waals surface area contributed by atoms with E-state index in [1.54, 1.807) is 42.2 Å². The Morgan fingerprint density at radius 1 is 1.05 bits per heavy atom. The number of nitrogen functional groups attached to an aromatic ring is 1. The van der Waals surface area contributed by atoms with Gasteiger partial charge in [-0.1, -0.05) is 13.0 Å². The Kier molecular flexibility index (Phi) is 12.5. The van der Waals surface area contributed by atoms with Crippen LogP contribution in [0.15, 0.2) is 48.7 Å². The van der Waals surface area contributed by atoms with E-state index in [1.165, 1.54) is 29.7 Å². The third kappa shape index (κ3) is 9.52. The Bertz CT molecular complexity index is 2450. The van der Waals surface area contributed by atoms with Gasteiger partial charge in [0.2, 0.25) is 33.7 Å². The third-order valence-corrected chi connectivity index (χ3v) is 14.9. The molecule has 2 aromatic heterocycles. The Balaban J connectivity index is 0.841. The van der Waals surface area contributed by atoms with Gasteiger partial charge in [0.15, 0.2) is 5.82 Å². The number of thiazole rings is 1. The van der Waals surface area contributed by atoms with E-state index in [-0.39, 0.29) is 59.6 Å². The van der Waals surface area contributed by atoms with Crippen molar-refractivity contribution in [3.8, 4) is 21.8 Å².